The molecule has 0 bridgehead atoms. The molecule has 0 heterocycles. The van der Waals surface area contributed by atoms with Gasteiger partial charge in [0.05, 0.1) is 6.61 Å². The summed E-state index contributed by atoms with van der Waals surface area (Å²) in [6.45, 7) is 7.60. The number of carbonyl (C=O) groups excluding carboxylic acids is 1. The summed E-state index contributed by atoms with van der Waals surface area (Å²) in [7, 11) is 0. The molecule has 0 rings (SSSR count). The lowest BCUT2D eigenvalue weighted by atomic mass is 9.99. The SMILES string of the molecule is CCCC/C=C\CCCCCCCC(=O)OCCCCCCCCCCCCCCCCCCCCCCCCCCCCCCC(C)CC. The maximum atomic E-state index is 11.9. The lowest BCUT2D eigenvalue weighted by Crippen LogP contribution is -2.05. The summed E-state index contributed by atoms with van der Waals surface area (Å²) in [4.78, 5) is 11.9. The van der Waals surface area contributed by atoms with Crippen molar-refractivity contribution < 1.29 is 9.53 Å². The van der Waals surface area contributed by atoms with E-state index in [2.05, 4.69) is 32.9 Å². The fraction of sp³-hybridized carbons (Fsp3) is 0.938. The normalized spacial score (nSPS) is 12.3. The Morgan fingerprint density at radius 1 is 0.420 bits per heavy atom. The van der Waals surface area contributed by atoms with E-state index in [1.807, 2.05) is 0 Å². The fourth-order valence-electron chi connectivity index (χ4n) is 7.27. The van der Waals surface area contributed by atoms with Crippen LogP contribution in [0.3, 0.4) is 0 Å². The maximum Gasteiger partial charge on any atom is 0.305 e. The molecule has 0 spiro atoms. The second-order valence-corrected chi connectivity index (χ2v) is 16.3. The molecule has 0 aliphatic heterocycles. The molecule has 2 heteroatoms. The Balaban J connectivity index is 3.14. The van der Waals surface area contributed by atoms with Gasteiger partial charge >= 0.3 is 5.97 Å². The van der Waals surface area contributed by atoms with Crippen molar-refractivity contribution in [3.8, 4) is 0 Å². The van der Waals surface area contributed by atoms with Crippen molar-refractivity contribution in [3.63, 3.8) is 0 Å². The predicted octanol–water partition coefficient (Wildman–Crippen LogP) is 17.4. The van der Waals surface area contributed by atoms with Crippen molar-refractivity contribution >= 4 is 5.97 Å². The number of esters is 1. The highest BCUT2D eigenvalue weighted by atomic mass is 16.5. The minimum absolute atomic E-state index is 0.0179. The highest BCUT2D eigenvalue weighted by Gasteiger charge is 2.03. The number of hydrogen-bond acceptors (Lipinski definition) is 2. The predicted molar refractivity (Wildman–Crippen MR) is 225 cm³/mol. The van der Waals surface area contributed by atoms with Crippen molar-refractivity contribution in [2.24, 2.45) is 5.92 Å². The van der Waals surface area contributed by atoms with E-state index in [9.17, 15) is 4.79 Å². The van der Waals surface area contributed by atoms with Gasteiger partial charge in [0, 0.05) is 6.42 Å². The molecule has 0 saturated heterocycles. The molecule has 0 aliphatic rings. The third-order valence-corrected chi connectivity index (χ3v) is 11.2. The third kappa shape index (κ3) is 43.4. The fourth-order valence-corrected chi connectivity index (χ4v) is 7.27. The Bertz CT molecular complexity index is 655. The molecule has 0 fully saturated rings. The van der Waals surface area contributed by atoms with Crippen molar-refractivity contribution in [1.29, 1.82) is 0 Å². The highest BCUT2D eigenvalue weighted by Crippen LogP contribution is 2.18. The third-order valence-electron chi connectivity index (χ3n) is 11.2. The number of allylic oxidation sites excluding steroid dienone is 2. The number of ether oxygens (including phenoxy) is 1. The van der Waals surface area contributed by atoms with Crippen LogP contribution in [0.2, 0.25) is 0 Å². The van der Waals surface area contributed by atoms with Crippen LogP contribution in [-0.4, -0.2) is 12.6 Å². The molecule has 1 atom stereocenters. The van der Waals surface area contributed by atoms with Crippen LogP contribution in [0.4, 0.5) is 0 Å². The number of rotatable bonds is 43. The first-order valence-corrected chi connectivity index (χ1v) is 23.5. The van der Waals surface area contributed by atoms with Crippen molar-refractivity contribution in [2.75, 3.05) is 6.61 Å². The van der Waals surface area contributed by atoms with Crippen LogP contribution < -0.4 is 0 Å². The summed E-state index contributed by atoms with van der Waals surface area (Å²) in [5, 5.41) is 0. The molecule has 0 aromatic heterocycles. The second-order valence-electron chi connectivity index (χ2n) is 16.3. The van der Waals surface area contributed by atoms with E-state index >= 15 is 0 Å². The lowest BCUT2D eigenvalue weighted by Gasteiger charge is -2.07. The molecular formula is C48H94O2. The van der Waals surface area contributed by atoms with Gasteiger partial charge in [-0.05, 0) is 38.0 Å². The maximum absolute atomic E-state index is 11.9. The number of carbonyl (C=O) groups is 1. The van der Waals surface area contributed by atoms with Gasteiger partial charge in [0.15, 0.2) is 0 Å². The zero-order chi connectivity index (χ0) is 36.3. The molecule has 0 aliphatic carbocycles. The van der Waals surface area contributed by atoms with Gasteiger partial charge in [0.1, 0.15) is 0 Å². The Morgan fingerprint density at radius 2 is 0.740 bits per heavy atom. The molecule has 298 valence electrons. The van der Waals surface area contributed by atoms with Crippen molar-refractivity contribution in [3.05, 3.63) is 12.2 Å². The van der Waals surface area contributed by atoms with Crippen LogP contribution in [0, 0.1) is 5.92 Å². The summed E-state index contributed by atoms with van der Waals surface area (Å²) >= 11 is 0. The van der Waals surface area contributed by atoms with Gasteiger partial charge in [0.2, 0.25) is 0 Å². The molecule has 2 nitrogen and oxygen atoms in total. The highest BCUT2D eigenvalue weighted by molar-refractivity contribution is 5.69. The second kappa shape index (κ2) is 44.4. The number of hydrogen-bond donors (Lipinski definition) is 0. The zero-order valence-electron chi connectivity index (χ0n) is 35.0. The van der Waals surface area contributed by atoms with Crippen LogP contribution in [0.5, 0.6) is 0 Å². The molecule has 1 unspecified atom stereocenters. The standard InChI is InChI=1S/C48H94O2/c1-4-6-7-8-9-10-29-33-36-39-42-45-48(49)50-46-43-40-37-34-31-28-26-24-22-20-18-16-14-12-11-13-15-17-19-21-23-25-27-30-32-35-38-41-44-47(3)5-2/h8-9,47H,4-7,10-46H2,1-3H3/b9-8-. The van der Waals surface area contributed by atoms with Gasteiger partial charge in [-0.1, -0.05) is 251 Å². The summed E-state index contributed by atoms with van der Waals surface area (Å²) in [6.07, 6.45) is 59.0. The largest absolute Gasteiger partial charge is 0.466 e. The Morgan fingerprint density at radius 3 is 1.12 bits per heavy atom. The number of unbranched alkanes of at least 4 members (excludes halogenated alkanes) is 34. The zero-order valence-corrected chi connectivity index (χ0v) is 35.0. The molecule has 0 saturated carbocycles. The Hall–Kier alpha value is -0.790. The average Bonchev–Trinajstić information content (AvgIpc) is 3.12. The molecule has 0 amide bonds. The molecular weight excluding hydrogens is 609 g/mol. The van der Waals surface area contributed by atoms with E-state index in [1.54, 1.807) is 0 Å². The van der Waals surface area contributed by atoms with Gasteiger partial charge in [-0.2, -0.15) is 0 Å². The van der Waals surface area contributed by atoms with Crippen molar-refractivity contribution in [1.82, 2.24) is 0 Å². The Labute approximate surface area is 316 Å². The van der Waals surface area contributed by atoms with Crippen LogP contribution in [0.25, 0.3) is 0 Å². The van der Waals surface area contributed by atoms with Gasteiger partial charge in [-0.25, -0.2) is 0 Å². The van der Waals surface area contributed by atoms with Crippen LogP contribution in [-0.2, 0) is 9.53 Å². The summed E-state index contributed by atoms with van der Waals surface area (Å²) in [6, 6.07) is 0. The van der Waals surface area contributed by atoms with E-state index in [1.165, 1.54) is 231 Å². The topological polar surface area (TPSA) is 26.3 Å². The average molecular weight is 703 g/mol. The molecule has 50 heavy (non-hydrogen) atoms. The quantitative estimate of drug-likeness (QED) is 0.0359. The minimum Gasteiger partial charge on any atom is -0.466 e. The smallest absolute Gasteiger partial charge is 0.305 e. The van der Waals surface area contributed by atoms with E-state index < -0.39 is 0 Å². The Kier molecular flexibility index (Phi) is 43.7. The van der Waals surface area contributed by atoms with E-state index in [0.29, 0.717) is 13.0 Å². The molecule has 0 aromatic carbocycles. The summed E-state index contributed by atoms with van der Waals surface area (Å²) < 4.78 is 5.45. The van der Waals surface area contributed by atoms with Crippen LogP contribution in [0.15, 0.2) is 12.2 Å². The first-order valence-electron chi connectivity index (χ1n) is 23.5. The van der Waals surface area contributed by atoms with Crippen molar-refractivity contribution in [2.45, 2.75) is 278 Å². The summed E-state index contributed by atoms with van der Waals surface area (Å²) in [5.41, 5.74) is 0. The van der Waals surface area contributed by atoms with E-state index in [-0.39, 0.29) is 5.97 Å². The van der Waals surface area contributed by atoms with Gasteiger partial charge in [-0.15, -0.1) is 0 Å². The van der Waals surface area contributed by atoms with Crippen LogP contribution in [0.1, 0.15) is 278 Å². The molecule has 0 radical (unpaired) electrons. The van der Waals surface area contributed by atoms with E-state index in [4.69, 9.17) is 4.74 Å². The first-order chi connectivity index (χ1) is 24.7. The molecule has 0 N–H and O–H groups in total. The van der Waals surface area contributed by atoms with Gasteiger partial charge in [-0.3, -0.25) is 4.79 Å². The monoisotopic (exact) mass is 703 g/mol. The molecule has 0 aromatic rings. The van der Waals surface area contributed by atoms with Crippen LogP contribution >= 0.6 is 0 Å². The summed E-state index contributed by atoms with van der Waals surface area (Å²) in [5.74, 6) is 0.957. The lowest BCUT2D eigenvalue weighted by molar-refractivity contribution is -0.143. The van der Waals surface area contributed by atoms with E-state index in [0.717, 1.165) is 25.2 Å². The van der Waals surface area contributed by atoms with Gasteiger partial charge < -0.3 is 4.74 Å². The first kappa shape index (κ1) is 49.2. The minimum atomic E-state index is 0.0179. The van der Waals surface area contributed by atoms with Gasteiger partial charge in [0.25, 0.3) is 0 Å².